The molecule has 0 aromatic rings. The predicted molar refractivity (Wildman–Crippen MR) is 68.0 cm³/mol. The number of primary amides is 1. The Labute approximate surface area is 111 Å². The number of thiocarbonyl (C=S) groups is 1. The molecule has 1 aliphatic heterocycles. The van der Waals surface area contributed by atoms with Crippen LogP contribution in [0, 0.1) is 28.6 Å². The fourth-order valence-corrected chi connectivity index (χ4v) is 3.79. The van der Waals surface area contributed by atoms with E-state index in [1.165, 1.54) is 0 Å². The normalized spacial score (nSPS) is 30.6. The molecular weight excluding hydrogens is 250 g/mol. The highest BCUT2D eigenvalue weighted by molar-refractivity contribution is 7.80. The number of hydrogen-bond donors (Lipinski definition) is 2. The highest BCUT2D eigenvalue weighted by Crippen LogP contribution is 2.50. The molecule has 18 heavy (non-hydrogen) atoms. The zero-order valence-electron chi connectivity index (χ0n) is 9.94. The minimum Gasteiger partial charge on any atom is -0.369 e. The molecule has 2 atom stereocenters. The van der Waals surface area contributed by atoms with Crippen LogP contribution in [0.2, 0.25) is 0 Å². The highest BCUT2D eigenvalue weighted by atomic mass is 32.1. The number of nitrogens with zero attached hydrogens (tertiary/aromatic N) is 1. The Morgan fingerprint density at radius 2 is 2.06 bits per heavy atom. The van der Waals surface area contributed by atoms with Crippen molar-refractivity contribution in [3.63, 3.8) is 0 Å². The fourth-order valence-electron chi connectivity index (χ4n) is 3.34. The van der Waals surface area contributed by atoms with E-state index in [4.69, 9.17) is 18.0 Å². The maximum atomic E-state index is 11.9. The van der Waals surface area contributed by atoms with E-state index in [0.717, 1.165) is 19.3 Å². The number of nitrogens with one attached hydrogen (secondary N) is 1. The van der Waals surface area contributed by atoms with Crippen molar-refractivity contribution in [3.8, 4) is 6.07 Å². The molecule has 0 radical (unpaired) electrons. The molecule has 0 aromatic heterocycles. The molecule has 1 heterocycles. The summed E-state index contributed by atoms with van der Waals surface area (Å²) in [6.45, 7) is 0. The summed E-state index contributed by atoms with van der Waals surface area (Å²) in [6.07, 6.45) is 4.17. The van der Waals surface area contributed by atoms with Crippen LogP contribution in [0.5, 0.6) is 0 Å². The molecule has 0 unspecified atom stereocenters. The monoisotopic (exact) mass is 265 g/mol. The Morgan fingerprint density at radius 3 is 2.56 bits per heavy atom. The van der Waals surface area contributed by atoms with Gasteiger partial charge in [0.15, 0.2) is 0 Å². The van der Waals surface area contributed by atoms with E-state index in [-0.39, 0.29) is 10.9 Å². The van der Waals surface area contributed by atoms with Gasteiger partial charge in [0.05, 0.1) is 17.0 Å². The standard InChI is InChI=1S/C12H15N3O2S/c13-6-7-10(17)15-11(18)8(9(14)16)12(7)4-2-1-3-5-12/h7-8H,1-5H2,(H2,14,16)(H,15,17,18)/t7-,8+/m1/s1. The molecule has 3 N–H and O–H groups in total. The Balaban J connectivity index is 2.49. The van der Waals surface area contributed by atoms with Crippen LogP contribution >= 0.6 is 12.2 Å². The van der Waals surface area contributed by atoms with Gasteiger partial charge in [-0.15, -0.1) is 0 Å². The van der Waals surface area contributed by atoms with Gasteiger partial charge in [0.25, 0.3) is 0 Å². The predicted octanol–water partition coefficient (Wildman–Crippen LogP) is 0.635. The number of rotatable bonds is 1. The van der Waals surface area contributed by atoms with Crippen molar-refractivity contribution >= 4 is 29.0 Å². The minimum atomic E-state index is -0.831. The zero-order chi connectivity index (χ0) is 13.3. The highest BCUT2D eigenvalue weighted by Gasteiger charge is 2.56. The maximum Gasteiger partial charge on any atom is 0.242 e. The molecule has 1 spiro atoms. The smallest absolute Gasteiger partial charge is 0.242 e. The lowest BCUT2D eigenvalue weighted by molar-refractivity contribution is -0.134. The zero-order valence-corrected chi connectivity index (χ0v) is 10.8. The number of nitrogens with two attached hydrogens (primary N) is 1. The lowest BCUT2D eigenvalue weighted by Gasteiger charge is -2.47. The summed E-state index contributed by atoms with van der Waals surface area (Å²) in [5, 5.41) is 11.7. The van der Waals surface area contributed by atoms with E-state index in [1.54, 1.807) is 0 Å². The SMILES string of the molecule is N#C[C@@H]1C(=O)NC(=S)[C@H](C(N)=O)C12CCCCC2. The van der Waals surface area contributed by atoms with Crippen LogP contribution in [0.25, 0.3) is 0 Å². The molecule has 0 aromatic carbocycles. The van der Waals surface area contributed by atoms with Crippen molar-refractivity contribution in [3.05, 3.63) is 0 Å². The molecule has 1 saturated heterocycles. The summed E-state index contributed by atoms with van der Waals surface area (Å²) in [7, 11) is 0. The van der Waals surface area contributed by atoms with Gasteiger partial charge in [-0.3, -0.25) is 9.59 Å². The molecule has 96 valence electrons. The van der Waals surface area contributed by atoms with Crippen LogP contribution < -0.4 is 11.1 Å². The second kappa shape index (κ2) is 4.65. The molecule has 2 fully saturated rings. The molecule has 2 aliphatic rings. The van der Waals surface area contributed by atoms with Gasteiger partial charge < -0.3 is 11.1 Å². The van der Waals surface area contributed by atoms with Gasteiger partial charge >= 0.3 is 0 Å². The summed E-state index contributed by atoms with van der Waals surface area (Å²) in [5.74, 6) is -2.46. The lowest BCUT2D eigenvalue weighted by atomic mass is 9.57. The summed E-state index contributed by atoms with van der Waals surface area (Å²) in [4.78, 5) is 23.8. The molecule has 1 saturated carbocycles. The van der Waals surface area contributed by atoms with Crippen LogP contribution in [0.3, 0.4) is 0 Å². The van der Waals surface area contributed by atoms with Crippen molar-refractivity contribution in [1.29, 1.82) is 5.26 Å². The van der Waals surface area contributed by atoms with E-state index in [1.807, 2.05) is 6.07 Å². The van der Waals surface area contributed by atoms with Gasteiger partial charge in [0.1, 0.15) is 5.92 Å². The number of carbonyl (C=O) groups is 2. The number of amides is 2. The van der Waals surface area contributed by atoms with Crippen LogP contribution in [0.15, 0.2) is 0 Å². The van der Waals surface area contributed by atoms with Crippen LogP contribution in [-0.4, -0.2) is 16.8 Å². The molecular formula is C12H15N3O2S. The average molecular weight is 265 g/mol. The first-order valence-corrected chi connectivity index (χ1v) is 6.47. The second-order valence-electron chi connectivity index (χ2n) is 5.04. The third-order valence-electron chi connectivity index (χ3n) is 4.12. The van der Waals surface area contributed by atoms with Gasteiger partial charge in [0.2, 0.25) is 11.8 Å². The summed E-state index contributed by atoms with van der Waals surface area (Å²) < 4.78 is 0. The fraction of sp³-hybridized carbons (Fsp3) is 0.667. The van der Waals surface area contributed by atoms with Gasteiger partial charge in [-0.05, 0) is 12.8 Å². The first-order valence-electron chi connectivity index (χ1n) is 6.06. The van der Waals surface area contributed by atoms with E-state index in [2.05, 4.69) is 5.32 Å². The summed E-state index contributed by atoms with van der Waals surface area (Å²) in [6, 6.07) is 2.04. The largest absolute Gasteiger partial charge is 0.369 e. The summed E-state index contributed by atoms with van der Waals surface area (Å²) >= 11 is 5.09. The summed E-state index contributed by atoms with van der Waals surface area (Å²) in [5.41, 5.74) is 4.76. The van der Waals surface area contributed by atoms with Crippen molar-refractivity contribution in [2.75, 3.05) is 0 Å². The number of nitriles is 1. The number of hydrogen-bond acceptors (Lipinski definition) is 4. The maximum absolute atomic E-state index is 11.9. The van der Waals surface area contributed by atoms with Crippen LogP contribution in [0.4, 0.5) is 0 Å². The molecule has 2 rings (SSSR count). The number of piperidine rings is 1. The minimum absolute atomic E-state index is 0.181. The van der Waals surface area contributed by atoms with E-state index in [9.17, 15) is 14.9 Å². The van der Waals surface area contributed by atoms with Crippen LogP contribution in [-0.2, 0) is 9.59 Å². The Kier molecular flexibility index (Phi) is 3.35. The molecule has 1 aliphatic carbocycles. The number of carbonyl (C=O) groups excluding carboxylic acids is 2. The third-order valence-corrected chi connectivity index (χ3v) is 4.46. The average Bonchev–Trinajstić information content (AvgIpc) is 2.29. The van der Waals surface area contributed by atoms with Crippen molar-refractivity contribution in [2.24, 2.45) is 23.0 Å². The van der Waals surface area contributed by atoms with Crippen LogP contribution in [0.1, 0.15) is 32.1 Å². The van der Waals surface area contributed by atoms with Gasteiger partial charge in [-0.2, -0.15) is 5.26 Å². The topological polar surface area (TPSA) is 96.0 Å². The molecule has 5 nitrogen and oxygen atoms in total. The van der Waals surface area contributed by atoms with E-state index < -0.39 is 23.2 Å². The van der Waals surface area contributed by atoms with Gasteiger partial charge in [-0.25, -0.2) is 0 Å². The lowest BCUT2D eigenvalue weighted by Crippen LogP contribution is -2.61. The molecule has 2 amide bonds. The molecule has 6 heteroatoms. The van der Waals surface area contributed by atoms with Crippen molar-refractivity contribution in [2.45, 2.75) is 32.1 Å². The Morgan fingerprint density at radius 1 is 1.44 bits per heavy atom. The first-order chi connectivity index (χ1) is 8.53. The molecule has 0 bridgehead atoms. The van der Waals surface area contributed by atoms with E-state index in [0.29, 0.717) is 12.8 Å². The van der Waals surface area contributed by atoms with Gasteiger partial charge in [0, 0.05) is 5.41 Å². The first kappa shape index (κ1) is 13.0. The Hall–Kier alpha value is -1.48. The third kappa shape index (κ3) is 1.79. The second-order valence-corrected chi connectivity index (χ2v) is 5.48. The van der Waals surface area contributed by atoms with Gasteiger partial charge in [-0.1, -0.05) is 31.5 Å². The van der Waals surface area contributed by atoms with Crippen molar-refractivity contribution < 1.29 is 9.59 Å². The quantitative estimate of drug-likeness (QED) is 0.680. The van der Waals surface area contributed by atoms with E-state index >= 15 is 0 Å². The van der Waals surface area contributed by atoms with Crippen molar-refractivity contribution in [1.82, 2.24) is 5.32 Å². The Bertz CT molecular complexity index is 449.